The standard InChI is InChI=1S/C14H14OS/c1-3-11-8-9-16-14(11)13(15)12-6-4-10(2)5-7-12/h4-9H,3H2,1-2H3. The van der Waals surface area contributed by atoms with Crippen LogP contribution in [0.1, 0.15) is 33.3 Å². The Morgan fingerprint density at radius 1 is 1.19 bits per heavy atom. The number of hydrogen-bond donors (Lipinski definition) is 0. The summed E-state index contributed by atoms with van der Waals surface area (Å²) in [5.41, 5.74) is 3.11. The molecule has 1 aromatic carbocycles. The second-order valence-electron chi connectivity index (χ2n) is 3.82. The number of ketones is 1. The van der Waals surface area contributed by atoms with Crippen LogP contribution >= 0.6 is 11.3 Å². The first-order valence-electron chi connectivity index (χ1n) is 5.40. The third kappa shape index (κ3) is 2.07. The summed E-state index contributed by atoms with van der Waals surface area (Å²) in [6, 6.07) is 9.79. The van der Waals surface area contributed by atoms with E-state index in [0.29, 0.717) is 0 Å². The second kappa shape index (κ2) is 4.62. The monoisotopic (exact) mass is 230 g/mol. The van der Waals surface area contributed by atoms with E-state index >= 15 is 0 Å². The zero-order valence-corrected chi connectivity index (χ0v) is 10.3. The van der Waals surface area contributed by atoms with Gasteiger partial charge in [-0.3, -0.25) is 4.79 Å². The van der Waals surface area contributed by atoms with Gasteiger partial charge in [0, 0.05) is 5.56 Å². The molecular formula is C14H14OS. The molecule has 0 saturated heterocycles. The Kier molecular flexibility index (Phi) is 3.20. The molecule has 0 bridgehead atoms. The number of carbonyl (C=O) groups is 1. The molecule has 82 valence electrons. The predicted molar refractivity (Wildman–Crippen MR) is 68.3 cm³/mol. The van der Waals surface area contributed by atoms with Crippen molar-refractivity contribution in [2.45, 2.75) is 20.3 Å². The van der Waals surface area contributed by atoms with Gasteiger partial charge >= 0.3 is 0 Å². The lowest BCUT2D eigenvalue weighted by Crippen LogP contribution is -2.01. The molecule has 2 heteroatoms. The van der Waals surface area contributed by atoms with Crippen molar-refractivity contribution in [2.75, 3.05) is 0 Å². The van der Waals surface area contributed by atoms with Crippen LogP contribution in [0.25, 0.3) is 0 Å². The molecule has 2 aromatic rings. The van der Waals surface area contributed by atoms with Crippen molar-refractivity contribution in [3.63, 3.8) is 0 Å². The molecule has 0 spiro atoms. The molecule has 1 nitrogen and oxygen atoms in total. The van der Waals surface area contributed by atoms with E-state index in [1.165, 1.54) is 16.9 Å². The van der Waals surface area contributed by atoms with Crippen molar-refractivity contribution in [3.8, 4) is 0 Å². The van der Waals surface area contributed by atoms with Crippen molar-refractivity contribution in [1.29, 1.82) is 0 Å². The summed E-state index contributed by atoms with van der Waals surface area (Å²) >= 11 is 1.53. The van der Waals surface area contributed by atoms with Crippen LogP contribution < -0.4 is 0 Å². The average molecular weight is 230 g/mol. The van der Waals surface area contributed by atoms with Crippen molar-refractivity contribution >= 4 is 17.1 Å². The summed E-state index contributed by atoms with van der Waals surface area (Å²) in [7, 11) is 0. The Labute approximate surface area is 99.8 Å². The average Bonchev–Trinajstić information content (AvgIpc) is 2.77. The topological polar surface area (TPSA) is 17.1 Å². The van der Waals surface area contributed by atoms with E-state index in [2.05, 4.69) is 6.92 Å². The van der Waals surface area contributed by atoms with Gasteiger partial charge in [0.2, 0.25) is 5.78 Å². The first kappa shape index (κ1) is 11.1. The second-order valence-corrected chi connectivity index (χ2v) is 4.74. The highest BCUT2D eigenvalue weighted by molar-refractivity contribution is 7.12. The first-order chi connectivity index (χ1) is 7.72. The summed E-state index contributed by atoms with van der Waals surface area (Å²) in [6.45, 7) is 4.10. The number of rotatable bonds is 3. The molecule has 0 unspecified atom stereocenters. The summed E-state index contributed by atoms with van der Waals surface area (Å²) in [5, 5.41) is 1.99. The van der Waals surface area contributed by atoms with Crippen LogP contribution in [0.3, 0.4) is 0 Å². The lowest BCUT2D eigenvalue weighted by molar-refractivity contribution is 0.104. The molecule has 0 aliphatic rings. The van der Waals surface area contributed by atoms with Crippen molar-refractivity contribution < 1.29 is 4.79 Å². The Hall–Kier alpha value is -1.41. The van der Waals surface area contributed by atoms with Crippen LogP contribution in [-0.2, 0) is 6.42 Å². The van der Waals surface area contributed by atoms with Crippen molar-refractivity contribution in [1.82, 2.24) is 0 Å². The lowest BCUT2D eigenvalue weighted by atomic mass is 10.0. The quantitative estimate of drug-likeness (QED) is 0.732. The highest BCUT2D eigenvalue weighted by atomic mass is 32.1. The molecule has 16 heavy (non-hydrogen) atoms. The van der Waals surface area contributed by atoms with Gasteiger partial charge in [-0.1, -0.05) is 36.8 Å². The summed E-state index contributed by atoms with van der Waals surface area (Å²) in [6.07, 6.45) is 0.913. The number of aryl methyl sites for hydroxylation is 2. The number of hydrogen-bond acceptors (Lipinski definition) is 2. The minimum atomic E-state index is 0.145. The first-order valence-corrected chi connectivity index (χ1v) is 6.28. The predicted octanol–water partition coefficient (Wildman–Crippen LogP) is 3.85. The SMILES string of the molecule is CCc1ccsc1C(=O)c1ccc(C)cc1. The Morgan fingerprint density at radius 2 is 1.88 bits per heavy atom. The van der Waals surface area contributed by atoms with Crippen LogP contribution in [-0.4, -0.2) is 5.78 Å². The molecule has 0 radical (unpaired) electrons. The Morgan fingerprint density at radius 3 is 2.50 bits per heavy atom. The normalized spacial score (nSPS) is 10.4. The fourth-order valence-corrected chi connectivity index (χ4v) is 2.61. The summed E-state index contributed by atoms with van der Waals surface area (Å²) in [5.74, 6) is 0.145. The Bertz CT molecular complexity index is 494. The number of benzene rings is 1. The van der Waals surface area contributed by atoms with E-state index in [1.807, 2.05) is 42.6 Å². The van der Waals surface area contributed by atoms with Crippen LogP contribution in [0.15, 0.2) is 35.7 Å². The zero-order chi connectivity index (χ0) is 11.5. The molecule has 0 aliphatic carbocycles. The van der Waals surface area contributed by atoms with E-state index in [4.69, 9.17) is 0 Å². The van der Waals surface area contributed by atoms with Gasteiger partial charge in [-0.15, -0.1) is 11.3 Å². The van der Waals surface area contributed by atoms with Gasteiger partial charge in [-0.05, 0) is 30.4 Å². The molecule has 2 rings (SSSR count). The molecule has 0 aliphatic heterocycles. The third-order valence-electron chi connectivity index (χ3n) is 2.65. The molecule has 0 atom stereocenters. The van der Waals surface area contributed by atoms with Gasteiger partial charge in [-0.2, -0.15) is 0 Å². The third-order valence-corrected chi connectivity index (χ3v) is 3.60. The smallest absolute Gasteiger partial charge is 0.203 e. The molecule has 1 heterocycles. The molecule has 0 saturated carbocycles. The Balaban J connectivity index is 2.35. The fraction of sp³-hybridized carbons (Fsp3) is 0.214. The maximum Gasteiger partial charge on any atom is 0.203 e. The fourth-order valence-electron chi connectivity index (χ4n) is 1.65. The van der Waals surface area contributed by atoms with Crippen molar-refractivity contribution in [3.05, 3.63) is 57.3 Å². The van der Waals surface area contributed by atoms with E-state index in [1.54, 1.807) is 0 Å². The molecule has 0 N–H and O–H groups in total. The van der Waals surface area contributed by atoms with Gasteiger partial charge in [0.15, 0.2) is 0 Å². The minimum absolute atomic E-state index is 0.145. The van der Waals surface area contributed by atoms with E-state index in [0.717, 1.165) is 22.4 Å². The molecule has 1 aromatic heterocycles. The molecule has 0 amide bonds. The van der Waals surface area contributed by atoms with Crippen molar-refractivity contribution in [2.24, 2.45) is 0 Å². The molecule has 0 fully saturated rings. The van der Waals surface area contributed by atoms with Gasteiger partial charge < -0.3 is 0 Å². The van der Waals surface area contributed by atoms with Crippen LogP contribution in [0.5, 0.6) is 0 Å². The van der Waals surface area contributed by atoms with Gasteiger partial charge in [0.25, 0.3) is 0 Å². The maximum atomic E-state index is 12.2. The van der Waals surface area contributed by atoms with E-state index in [9.17, 15) is 4.79 Å². The summed E-state index contributed by atoms with van der Waals surface area (Å²) in [4.78, 5) is 13.1. The van der Waals surface area contributed by atoms with E-state index < -0.39 is 0 Å². The zero-order valence-electron chi connectivity index (χ0n) is 9.49. The lowest BCUT2D eigenvalue weighted by Gasteiger charge is -2.01. The number of carbonyl (C=O) groups excluding carboxylic acids is 1. The minimum Gasteiger partial charge on any atom is -0.288 e. The largest absolute Gasteiger partial charge is 0.288 e. The summed E-state index contributed by atoms with van der Waals surface area (Å²) < 4.78 is 0. The van der Waals surface area contributed by atoms with Crippen LogP contribution in [0.4, 0.5) is 0 Å². The number of thiophene rings is 1. The van der Waals surface area contributed by atoms with Crippen LogP contribution in [0.2, 0.25) is 0 Å². The highest BCUT2D eigenvalue weighted by Gasteiger charge is 2.13. The van der Waals surface area contributed by atoms with Gasteiger partial charge in [0.05, 0.1) is 4.88 Å². The maximum absolute atomic E-state index is 12.2. The van der Waals surface area contributed by atoms with Crippen LogP contribution in [0, 0.1) is 6.92 Å². The van der Waals surface area contributed by atoms with Gasteiger partial charge in [-0.25, -0.2) is 0 Å². The van der Waals surface area contributed by atoms with Gasteiger partial charge in [0.1, 0.15) is 0 Å². The highest BCUT2D eigenvalue weighted by Crippen LogP contribution is 2.21. The molecular weight excluding hydrogens is 216 g/mol. The van der Waals surface area contributed by atoms with E-state index in [-0.39, 0.29) is 5.78 Å².